The maximum absolute atomic E-state index is 14.5. The van der Waals surface area contributed by atoms with Gasteiger partial charge in [-0.3, -0.25) is 9.69 Å². The smallest absolute Gasteiger partial charge is 0.261 e. The van der Waals surface area contributed by atoms with Crippen molar-refractivity contribution >= 4 is 34.5 Å². The first-order valence-electron chi connectivity index (χ1n) is 11.7. The number of hydrogen-bond donors (Lipinski definition) is 4. The monoisotopic (exact) mass is 479 g/mol. The number of aromatic nitrogens is 1. The van der Waals surface area contributed by atoms with Crippen molar-refractivity contribution in [1.82, 2.24) is 9.88 Å². The molecule has 1 aliphatic heterocycles. The van der Waals surface area contributed by atoms with Crippen LogP contribution in [-0.4, -0.2) is 47.2 Å². The molecule has 4 N–H and O–H groups in total. The van der Waals surface area contributed by atoms with Gasteiger partial charge in [0, 0.05) is 32.0 Å². The minimum Gasteiger partial charge on any atom is -0.508 e. The predicted molar refractivity (Wildman–Crippen MR) is 135 cm³/mol. The van der Waals surface area contributed by atoms with Gasteiger partial charge in [0.2, 0.25) is 0 Å². The Morgan fingerprint density at radius 2 is 1.94 bits per heavy atom. The van der Waals surface area contributed by atoms with Crippen LogP contribution >= 0.6 is 0 Å². The first kappa shape index (κ1) is 24.4. The van der Waals surface area contributed by atoms with Crippen LogP contribution in [0.4, 0.5) is 33.0 Å². The lowest BCUT2D eigenvalue weighted by molar-refractivity contribution is 0.102. The summed E-state index contributed by atoms with van der Waals surface area (Å²) in [6.45, 7) is 9.48. The Morgan fingerprint density at radius 1 is 1.11 bits per heavy atom. The highest BCUT2D eigenvalue weighted by Crippen LogP contribution is 2.36. The molecule has 0 atom stereocenters. The number of benzene rings is 2. The van der Waals surface area contributed by atoms with Crippen LogP contribution in [0.25, 0.3) is 0 Å². The molecule has 0 saturated carbocycles. The van der Waals surface area contributed by atoms with Crippen LogP contribution in [-0.2, 0) is 11.3 Å². The van der Waals surface area contributed by atoms with Crippen molar-refractivity contribution in [3.63, 3.8) is 0 Å². The van der Waals surface area contributed by atoms with Gasteiger partial charge < -0.3 is 25.8 Å². The molecule has 35 heavy (non-hydrogen) atoms. The molecule has 184 valence electrons. The Balaban J connectivity index is 1.58. The molecule has 2 aromatic carbocycles. The van der Waals surface area contributed by atoms with E-state index in [-0.39, 0.29) is 22.9 Å². The Labute approximate surface area is 204 Å². The van der Waals surface area contributed by atoms with Crippen LogP contribution in [0.2, 0.25) is 0 Å². The normalized spacial score (nSPS) is 12.4. The van der Waals surface area contributed by atoms with Gasteiger partial charge in [0.25, 0.3) is 5.91 Å². The minimum atomic E-state index is -0.536. The lowest BCUT2D eigenvalue weighted by Crippen LogP contribution is -2.27. The van der Waals surface area contributed by atoms with Crippen LogP contribution in [0.15, 0.2) is 42.6 Å². The molecular formula is C26H30FN5O3. The van der Waals surface area contributed by atoms with Gasteiger partial charge in [0.15, 0.2) is 0 Å². The number of pyridine rings is 1. The Morgan fingerprint density at radius 3 is 2.71 bits per heavy atom. The van der Waals surface area contributed by atoms with Crippen LogP contribution < -0.4 is 16.0 Å². The van der Waals surface area contributed by atoms with Crippen molar-refractivity contribution in [3.8, 4) is 5.75 Å². The zero-order valence-electron chi connectivity index (χ0n) is 20.1. The topological polar surface area (TPSA) is 98.8 Å². The second-order valence-electron chi connectivity index (χ2n) is 8.35. The van der Waals surface area contributed by atoms with E-state index in [9.17, 15) is 14.3 Å². The van der Waals surface area contributed by atoms with E-state index in [4.69, 9.17) is 4.74 Å². The fourth-order valence-electron chi connectivity index (χ4n) is 3.95. The van der Waals surface area contributed by atoms with Crippen LogP contribution in [0.3, 0.4) is 0 Å². The molecule has 2 heterocycles. The van der Waals surface area contributed by atoms with Gasteiger partial charge >= 0.3 is 0 Å². The standard InChI is InChI=1S/C26H30FN5O3/c1-4-32(10-11-35-5-2)15-17-6-7-19-22(13-17)31-26(34)24-20(8-9-28-25(24)30-19)29-21-14-23(33)16(3)12-18(21)27/h6-9,12-14,33H,4-5,10-11,15H2,1-3H3,(H,31,34)(H2,28,29,30). The number of nitrogens with one attached hydrogen (secondary N) is 3. The van der Waals surface area contributed by atoms with Gasteiger partial charge in [-0.1, -0.05) is 13.0 Å². The third-order valence-electron chi connectivity index (χ3n) is 5.93. The van der Waals surface area contributed by atoms with Crippen molar-refractivity contribution in [2.24, 2.45) is 0 Å². The number of carbonyl (C=O) groups is 1. The summed E-state index contributed by atoms with van der Waals surface area (Å²) in [6.07, 6.45) is 1.53. The van der Waals surface area contributed by atoms with Gasteiger partial charge in [-0.25, -0.2) is 9.37 Å². The highest BCUT2D eigenvalue weighted by atomic mass is 19.1. The van der Waals surface area contributed by atoms with E-state index in [1.54, 1.807) is 13.0 Å². The fraction of sp³-hybridized carbons (Fsp3) is 0.308. The van der Waals surface area contributed by atoms with E-state index < -0.39 is 5.82 Å². The molecule has 0 unspecified atom stereocenters. The number of halogens is 1. The van der Waals surface area contributed by atoms with Crippen LogP contribution in [0, 0.1) is 12.7 Å². The van der Waals surface area contributed by atoms with Crippen molar-refractivity contribution in [1.29, 1.82) is 0 Å². The number of aromatic hydroxyl groups is 1. The Bertz CT molecular complexity index is 1230. The SMILES string of the molecule is CCOCCN(CC)Cc1ccc2c(c1)NC(=O)c1c(Nc3cc(O)c(C)cc3F)ccnc1N2. The molecule has 1 amide bonds. The number of phenolic OH excluding ortho intramolecular Hbond substituents is 1. The summed E-state index contributed by atoms with van der Waals surface area (Å²) in [6, 6.07) is 10.00. The van der Waals surface area contributed by atoms with E-state index in [1.807, 2.05) is 25.1 Å². The average molecular weight is 480 g/mol. The number of nitrogens with zero attached hydrogens (tertiary/aromatic N) is 2. The molecule has 0 radical (unpaired) electrons. The Hall–Kier alpha value is -3.69. The van der Waals surface area contributed by atoms with Gasteiger partial charge in [-0.15, -0.1) is 0 Å². The van der Waals surface area contributed by atoms with E-state index in [0.29, 0.717) is 41.7 Å². The molecule has 1 aromatic heterocycles. The lowest BCUT2D eigenvalue weighted by Gasteiger charge is -2.21. The summed E-state index contributed by atoms with van der Waals surface area (Å²) in [5, 5.41) is 19.1. The average Bonchev–Trinajstić information content (AvgIpc) is 2.97. The highest BCUT2D eigenvalue weighted by molar-refractivity contribution is 6.15. The Kier molecular flexibility index (Phi) is 7.48. The molecule has 4 rings (SSSR count). The molecular weight excluding hydrogens is 449 g/mol. The largest absolute Gasteiger partial charge is 0.508 e. The first-order valence-corrected chi connectivity index (χ1v) is 11.7. The van der Waals surface area contributed by atoms with E-state index in [1.165, 1.54) is 18.3 Å². The number of ether oxygens (including phenoxy) is 1. The summed E-state index contributed by atoms with van der Waals surface area (Å²) < 4.78 is 20.0. The highest BCUT2D eigenvalue weighted by Gasteiger charge is 2.24. The third-order valence-corrected chi connectivity index (χ3v) is 5.93. The van der Waals surface area contributed by atoms with Gasteiger partial charge in [-0.2, -0.15) is 0 Å². The predicted octanol–water partition coefficient (Wildman–Crippen LogP) is 5.15. The molecule has 0 fully saturated rings. The minimum absolute atomic E-state index is 0.0427. The van der Waals surface area contributed by atoms with E-state index in [2.05, 4.69) is 32.8 Å². The quantitative estimate of drug-likeness (QED) is 0.315. The van der Waals surface area contributed by atoms with Crippen molar-refractivity contribution in [2.75, 3.05) is 42.3 Å². The number of carbonyl (C=O) groups excluding carboxylic acids is 1. The molecule has 0 spiro atoms. The molecule has 0 aliphatic carbocycles. The number of likely N-dealkylation sites (N-methyl/N-ethyl adjacent to an activating group) is 1. The summed E-state index contributed by atoms with van der Waals surface area (Å²) in [5.41, 5.74) is 3.49. The molecule has 1 aliphatic rings. The van der Waals surface area contributed by atoms with Crippen molar-refractivity contribution in [2.45, 2.75) is 27.3 Å². The maximum Gasteiger partial charge on any atom is 0.261 e. The number of fused-ring (bicyclic) bond motifs is 2. The maximum atomic E-state index is 14.5. The van der Waals surface area contributed by atoms with Crippen molar-refractivity contribution < 1.29 is 19.0 Å². The number of rotatable bonds is 9. The van der Waals surface area contributed by atoms with E-state index >= 15 is 0 Å². The van der Waals surface area contributed by atoms with Crippen LogP contribution in [0.5, 0.6) is 5.75 Å². The molecule has 8 nitrogen and oxygen atoms in total. The summed E-state index contributed by atoms with van der Waals surface area (Å²) in [5.74, 6) is -0.605. The number of hydrogen-bond acceptors (Lipinski definition) is 7. The summed E-state index contributed by atoms with van der Waals surface area (Å²) in [4.78, 5) is 19.9. The number of phenols is 1. The molecule has 0 bridgehead atoms. The van der Waals surface area contributed by atoms with E-state index in [0.717, 1.165) is 25.2 Å². The zero-order chi connectivity index (χ0) is 24.9. The van der Waals surface area contributed by atoms with Crippen molar-refractivity contribution in [3.05, 3.63) is 65.1 Å². The number of anilines is 5. The summed E-state index contributed by atoms with van der Waals surface area (Å²) >= 11 is 0. The second kappa shape index (κ2) is 10.7. The molecule has 9 heteroatoms. The van der Waals surface area contributed by atoms with Gasteiger partial charge in [0.1, 0.15) is 22.9 Å². The van der Waals surface area contributed by atoms with Crippen LogP contribution in [0.1, 0.15) is 35.3 Å². The molecule has 0 saturated heterocycles. The first-order chi connectivity index (χ1) is 16.9. The summed E-state index contributed by atoms with van der Waals surface area (Å²) in [7, 11) is 0. The lowest BCUT2D eigenvalue weighted by atomic mass is 10.1. The zero-order valence-corrected chi connectivity index (χ0v) is 20.1. The molecule has 3 aromatic rings. The number of amides is 1. The second-order valence-corrected chi connectivity index (χ2v) is 8.35. The third kappa shape index (κ3) is 5.52. The fourth-order valence-corrected chi connectivity index (χ4v) is 3.95. The number of aryl methyl sites for hydroxylation is 1. The van der Waals surface area contributed by atoms with Gasteiger partial charge in [0.05, 0.1) is 29.4 Å². The van der Waals surface area contributed by atoms with Gasteiger partial charge in [-0.05, 0) is 55.8 Å².